The van der Waals surface area contributed by atoms with E-state index in [0.29, 0.717) is 12.2 Å². The van der Waals surface area contributed by atoms with Gasteiger partial charge in [0.1, 0.15) is 5.82 Å². The third kappa shape index (κ3) is 3.11. The third-order valence-electron chi connectivity index (χ3n) is 2.55. The van der Waals surface area contributed by atoms with Crippen LogP contribution in [0, 0.1) is 0 Å². The lowest BCUT2D eigenvalue weighted by molar-refractivity contribution is 0.0690. The predicted molar refractivity (Wildman–Crippen MR) is 59.8 cm³/mol. The van der Waals surface area contributed by atoms with Gasteiger partial charge in [-0.3, -0.25) is 0 Å². The molecule has 0 amide bonds. The normalized spacial score (nSPS) is 11.2. The largest absolute Gasteiger partial charge is 0.476 e. The van der Waals surface area contributed by atoms with Crippen LogP contribution in [0.5, 0.6) is 0 Å². The van der Waals surface area contributed by atoms with Crippen molar-refractivity contribution in [3.05, 3.63) is 18.1 Å². The number of hydrogen-bond acceptors (Lipinski definition) is 6. The van der Waals surface area contributed by atoms with Crippen LogP contribution in [0.4, 0.5) is 5.82 Å². The lowest BCUT2D eigenvalue weighted by atomic mass is 9.99. The zero-order valence-electron chi connectivity index (χ0n) is 9.42. The first kappa shape index (κ1) is 13.3. The van der Waals surface area contributed by atoms with E-state index in [-0.39, 0.29) is 18.9 Å². The van der Waals surface area contributed by atoms with Crippen LogP contribution in [0.3, 0.4) is 0 Å². The Morgan fingerprint density at radius 3 is 2.35 bits per heavy atom. The molecule has 94 valence electrons. The molecule has 17 heavy (non-hydrogen) atoms. The molecule has 0 spiro atoms. The number of rotatable bonds is 6. The molecule has 0 fully saturated rings. The van der Waals surface area contributed by atoms with E-state index in [9.17, 15) is 15.0 Å². The van der Waals surface area contributed by atoms with Crippen LogP contribution < -0.4 is 5.32 Å². The quantitative estimate of drug-likeness (QED) is 0.541. The first-order valence-electron chi connectivity index (χ1n) is 5.12. The van der Waals surface area contributed by atoms with Crippen molar-refractivity contribution in [2.75, 3.05) is 18.5 Å². The summed E-state index contributed by atoms with van der Waals surface area (Å²) in [7, 11) is 0. The summed E-state index contributed by atoms with van der Waals surface area (Å²) in [5.74, 6) is -0.852. The second kappa shape index (κ2) is 5.55. The summed E-state index contributed by atoms with van der Waals surface area (Å²) < 4.78 is 0. The van der Waals surface area contributed by atoms with Gasteiger partial charge in [-0.2, -0.15) is 0 Å². The van der Waals surface area contributed by atoms with Crippen LogP contribution in [-0.2, 0) is 0 Å². The number of carboxylic acid groups (broad SMARTS) is 1. The maximum atomic E-state index is 10.6. The first-order valence-corrected chi connectivity index (χ1v) is 5.12. The molecule has 0 bridgehead atoms. The molecule has 0 saturated carbocycles. The summed E-state index contributed by atoms with van der Waals surface area (Å²) in [4.78, 5) is 18.1. The fourth-order valence-corrected chi connectivity index (χ4v) is 1.22. The van der Waals surface area contributed by atoms with E-state index in [0.717, 1.165) is 6.20 Å². The number of aromatic carboxylic acids is 1. The summed E-state index contributed by atoms with van der Waals surface area (Å²) in [5.41, 5.74) is -1.04. The molecule has 0 aliphatic rings. The Hall–Kier alpha value is -1.73. The van der Waals surface area contributed by atoms with Gasteiger partial charge in [0.15, 0.2) is 5.69 Å². The molecule has 0 aliphatic carbocycles. The van der Waals surface area contributed by atoms with E-state index in [1.54, 1.807) is 6.92 Å². The Labute approximate surface area is 98.2 Å². The molecule has 1 heterocycles. The second-order valence-corrected chi connectivity index (χ2v) is 3.67. The van der Waals surface area contributed by atoms with Crippen molar-refractivity contribution in [3.63, 3.8) is 0 Å². The van der Waals surface area contributed by atoms with Crippen LogP contribution in [0.2, 0.25) is 0 Å². The molecule has 1 aromatic heterocycles. The highest BCUT2D eigenvalue weighted by atomic mass is 16.4. The molecule has 1 aromatic rings. The molecule has 4 N–H and O–H groups in total. The number of carbonyl (C=O) groups is 1. The van der Waals surface area contributed by atoms with Crippen molar-refractivity contribution in [3.8, 4) is 0 Å². The van der Waals surface area contributed by atoms with E-state index in [1.165, 1.54) is 6.20 Å². The Balaban J connectivity index is 2.84. The third-order valence-corrected chi connectivity index (χ3v) is 2.55. The highest BCUT2D eigenvalue weighted by molar-refractivity contribution is 5.84. The smallest absolute Gasteiger partial charge is 0.356 e. The van der Waals surface area contributed by atoms with Crippen LogP contribution in [0.1, 0.15) is 23.8 Å². The highest BCUT2D eigenvalue weighted by Crippen LogP contribution is 2.15. The van der Waals surface area contributed by atoms with Crippen LogP contribution in [0.15, 0.2) is 12.4 Å². The standard InChI is InChI=1S/C10H15N3O4/c1-2-10(5-14,6-15)13-8-4-11-7(3-12-8)9(16)17/h3-4,14-15H,2,5-6H2,1H3,(H,12,13)(H,16,17). The summed E-state index contributed by atoms with van der Waals surface area (Å²) in [6, 6.07) is 0. The first-order chi connectivity index (χ1) is 8.06. The molecule has 0 unspecified atom stereocenters. The SMILES string of the molecule is CCC(CO)(CO)Nc1cnc(C(=O)O)cn1. The zero-order chi connectivity index (χ0) is 12.9. The minimum Gasteiger partial charge on any atom is -0.476 e. The fourth-order valence-electron chi connectivity index (χ4n) is 1.22. The average molecular weight is 241 g/mol. The zero-order valence-corrected chi connectivity index (χ0v) is 9.42. The van der Waals surface area contributed by atoms with Crippen molar-refractivity contribution in [1.82, 2.24) is 9.97 Å². The predicted octanol–water partition coefficient (Wildman–Crippen LogP) is -0.280. The number of anilines is 1. The minimum atomic E-state index is -1.16. The van der Waals surface area contributed by atoms with Gasteiger partial charge >= 0.3 is 5.97 Å². The molecular weight excluding hydrogens is 226 g/mol. The van der Waals surface area contributed by atoms with Gasteiger partial charge in [0, 0.05) is 0 Å². The number of nitrogens with one attached hydrogen (secondary N) is 1. The number of aromatic nitrogens is 2. The van der Waals surface area contributed by atoms with Crippen LogP contribution in [-0.4, -0.2) is 50.0 Å². The van der Waals surface area contributed by atoms with Gasteiger partial charge in [-0.15, -0.1) is 0 Å². The van der Waals surface area contributed by atoms with E-state index >= 15 is 0 Å². The highest BCUT2D eigenvalue weighted by Gasteiger charge is 2.26. The van der Waals surface area contributed by atoms with Crippen molar-refractivity contribution in [1.29, 1.82) is 0 Å². The van der Waals surface area contributed by atoms with Crippen molar-refractivity contribution < 1.29 is 20.1 Å². The molecule has 7 heteroatoms. The van der Waals surface area contributed by atoms with E-state index in [2.05, 4.69) is 15.3 Å². The van der Waals surface area contributed by atoms with Crippen LogP contribution >= 0.6 is 0 Å². The molecule has 1 rings (SSSR count). The maximum absolute atomic E-state index is 10.6. The monoisotopic (exact) mass is 241 g/mol. The van der Waals surface area contributed by atoms with Crippen LogP contribution in [0.25, 0.3) is 0 Å². The number of aliphatic hydroxyl groups excluding tert-OH is 2. The molecule has 0 atom stereocenters. The number of nitrogens with zero attached hydrogens (tertiary/aromatic N) is 2. The Morgan fingerprint density at radius 2 is 2.00 bits per heavy atom. The van der Waals surface area contributed by atoms with E-state index in [1.807, 2.05) is 0 Å². The lowest BCUT2D eigenvalue weighted by Gasteiger charge is -2.30. The number of carboxylic acids is 1. The molecule has 0 radical (unpaired) electrons. The van der Waals surface area contributed by atoms with Gasteiger partial charge in [0.2, 0.25) is 0 Å². The topological polar surface area (TPSA) is 116 Å². The van der Waals surface area contributed by atoms with Gasteiger partial charge in [-0.1, -0.05) is 6.92 Å². The van der Waals surface area contributed by atoms with Gasteiger partial charge in [0.05, 0.1) is 31.1 Å². The Kier molecular flexibility index (Phi) is 4.36. The van der Waals surface area contributed by atoms with Crippen molar-refractivity contribution >= 4 is 11.8 Å². The lowest BCUT2D eigenvalue weighted by Crippen LogP contribution is -2.45. The molecule has 0 aromatic carbocycles. The van der Waals surface area contributed by atoms with E-state index in [4.69, 9.17) is 5.11 Å². The fraction of sp³-hybridized carbons (Fsp3) is 0.500. The molecular formula is C10H15N3O4. The maximum Gasteiger partial charge on any atom is 0.356 e. The Bertz CT molecular complexity index is 367. The summed E-state index contributed by atoms with van der Waals surface area (Å²) in [6.07, 6.45) is 2.85. The average Bonchev–Trinajstić information content (AvgIpc) is 2.37. The summed E-state index contributed by atoms with van der Waals surface area (Å²) in [5, 5.41) is 29.9. The van der Waals surface area contributed by atoms with Gasteiger partial charge < -0.3 is 20.6 Å². The number of hydrogen-bond donors (Lipinski definition) is 4. The van der Waals surface area contributed by atoms with Crippen molar-refractivity contribution in [2.45, 2.75) is 18.9 Å². The van der Waals surface area contributed by atoms with Gasteiger partial charge in [-0.25, -0.2) is 14.8 Å². The summed E-state index contributed by atoms with van der Waals surface area (Å²) in [6.45, 7) is 1.28. The summed E-state index contributed by atoms with van der Waals surface area (Å²) >= 11 is 0. The minimum absolute atomic E-state index is 0.161. The van der Waals surface area contributed by atoms with E-state index < -0.39 is 11.5 Å². The van der Waals surface area contributed by atoms with Gasteiger partial charge in [0.25, 0.3) is 0 Å². The van der Waals surface area contributed by atoms with Gasteiger partial charge in [-0.05, 0) is 6.42 Å². The van der Waals surface area contributed by atoms with Crippen molar-refractivity contribution in [2.24, 2.45) is 0 Å². The molecule has 7 nitrogen and oxygen atoms in total. The second-order valence-electron chi connectivity index (χ2n) is 3.67. The number of aliphatic hydroxyl groups is 2. The Morgan fingerprint density at radius 1 is 1.35 bits per heavy atom. The molecule has 0 saturated heterocycles. The molecule has 0 aliphatic heterocycles.